The van der Waals surface area contributed by atoms with Crippen LogP contribution in [0.25, 0.3) is 0 Å². The number of aromatic hydroxyl groups is 1. The number of carbonyl (C=O) groups is 2. The molecule has 1 amide bonds. The lowest BCUT2D eigenvalue weighted by atomic mass is 10.1. The summed E-state index contributed by atoms with van der Waals surface area (Å²) < 4.78 is 12.9. The molecule has 3 N–H and O–H groups in total. The topological polar surface area (TPSA) is 86.6 Å². The second kappa shape index (κ2) is 5.80. The van der Waals surface area contributed by atoms with Gasteiger partial charge in [-0.05, 0) is 36.4 Å². The van der Waals surface area contributed by atoms with Gasteiger partial charge in [0.1, 0.15) is 11.6 Å². The molecule has 0 aromatic heterocycles. The molecule has 2 rings (SSSR count). The number of aromatic carboxylic acids is 1. The monoisotopic (exact) mass is 309 g/mol. The highest BCUT2D eigenvalue weighted by molar-refractivity contribution is 6.34. The van der Waals surface area contributed by atoms with Gasteiger partial charge >= 0.3 is 5.97 Å². The van der Waals surface area contributed by atoms with Crippen molar-refractivity contribution in [1.82, 2.24) is 0 Å². The van der Waals surface area contributed by atoms with Gasteiger partial charge in [0.15, 0.2) is 0 Å². The molecule has 0 saturated carbocycles. The Bertz CT molecular complexity index is 733. The zero-order valence-corrected chi connectivity index (χ0v) is 11.2. The van der Waals surface area contributed by atoms with E-state index in [-0.39, 0.29) is 27.6 Å². The van der Waals surface area contributed by atoms with Gasteiger partial charge in [0, 0.05) is 0 Å². The quantitative estimate of drug-likeness (QED) is 0.760. The smallest absolute Gasteiger partial charge is 0.337 e. The Labute approximate surface area is 123 Å². The molecule has 2 aromatic carbocycles. The molecule has 2 aromatic rings. The molecular formula is C14H9ClFNO4. The number of phenolic OH excluding ortho intramolecular Hbond substituents is 1. The Morgan fingerprint density at radius 1 is 1.10 bits per heavy atom. The van der Waals surface area contributed by atoms with Crippen LogP contribution in [0.1, 0.15) is 20.7 Å². The highest BCUT2D eigenvalue weighted by Crippen LogP contribution is 2.23. The Kier molecular flexibility index (Phi) is 4.09. The number of rotatable bonds is 3. The number of phenols is 1. The standard InChI is InChI=1S/C14H9ClFNO4/c15-11-5-7(16)1-3-9(11)13(19)17-12-4-2-8(18)6-10(12)14(20)21/h1-6,18H,(H,17,19)(H,20,21). The number of halogens is 2. The third kappa shape index (κ3) is 3.29. The van der Waals surface area contributed by atoms with Crippen molar-refractivity contribution in [2.24, 2.45) is 0 Å². The fourth-order valence-corrected chi connectivity index (χ4v) is 1.93. The highest BCUT2D eigenvalue weighted by Gasteiger charge is 2.16. The lowest BCUT2D eigenvalue weighted by Gasteiger charge is -2.10. The van der Waals surface area contributed by atoms with E-state index in [1.807, 2.05) is 0 Å². The first-order valence-corrected chi connectivity index (χ1v) is 6.09. The van der Waals surface area contributed by atoms with Crippen molar-refractivity contribution in [3.8, 4) is 5.75 Å². The van der Waals surface area contributed by atoms with Crippen LogP contribution in [0.4, 0.5) is 10.1 Å². The summed E-state index contributed by atoms with van der Waals surface area (Å²) in [7, 11) is 0. The molecule has 0 atom stereocenters. The first-order valence-electron chi connectivity index (χ1n) is 5.71. The molecule has 0 bridgehead atoms. The predicted molar refractivity (Wildman–Crippen MR) is 74.4 cm³/mol. The fraction of sp³-hybridized carbons (Fsp3) is 0. The summed E-state index contributed by atoms with van der Waals surface area (Å²) in [6, 6.07) is 6.71. The van der Waals surface area contributed by atoms with Gasteiger partial charge in [0.25, 0.3) is 5.91 Å². The summed E-state index contributed by atoms with van der Waals surface area (Å²) in [5, 5.41) is 20.6. The Morgan fingerprint density at radius 3 is 2.43 bits per heavy atom. The van der Waals surface area contributed by atoms with E-state index < -0.39 is 17.7 Å². The molecule has 7 heteroatoms. The largest absolute Gasteiger partial charge is 0.508 e. The van der Waals surface area contributed by atoms with Crippen LogP contribution in [0.2, 0.25) is 5.02 Å². The maximum atomic E-state index is 12.9. The fourth-order valence-electron chi connectivity index (χ4n) is 1.68. The SMILES string of the molecule is O=C(Nc1ccc(O)cc1C(=O)O)c1ccc(F)cc1Cl. The molecule has 0 radical (unpaired) electrons. The molecule has 0 aliphatic heterocycles. The maximum absolute atomic E-state index is 12.9. The van der Waals surface area contributed by atoms with E-state index in [1.54, 1.807) is 0 Å². The molecule has 0 spiro atoms. The van der Waals surface area contributed by atoms with Crippen LogP contribution in [0, 0.1) is 5.82 Å². The average Bonchev–Trinajstić information content (AvgIpc) is 2.40. The van der Waals surface area contributed by atoms with Gasteiger partial charge in [-0.1, -0.05) is 11.6 Å². The van der Waals surface area contributed by atoms with Crippen molar-refractivity contribution in [3.63, 3.8) is 0 Å². The van der Waals surface area contributed by atoms with Crippen molar-refractivity contribution < 1.29 is 24.2 Å². The minimum Gasteiger partial charge on any atom is -0.508 e. The van der Waals surface area contributed by atoms with Crippen LogP contribution in [0.3, 0.4) is 0 Å². The molecule has 0 heterocycles. The zero-order valence-electron chi connectivity index (χ0n) is 10.4. The van der Waals surface area contributed by atoms with Crippen molar-refractivity contribution in [2.45, 2.75) is 0 Å². The van der Waals surface area contributed by atoms with Crippen LogP contribution in [-0.4, -0.2) is 22.1 Å². The van der Waals surface area contributed by atoms with E-state index in [4.69, 9.17) is 16.7 Å². The number of carbonyl (C=O) groups excluding carboxylic acids is 1. The van der Waals surface area contributed by atoms with E-state index in [9.17, 15) is 19.1 Å². The zero-order chi connectivity index (χ0) is 15.6. The number of amides is 1. The van der Waals surface area contributed by atoms with Crippen LogP contribution in [-0.2, 0) is 0 Å². The van der Waals surface area contributed by atoms with Crippen molar-refractivity contribution >= 4 is 29.2 Å². The van der Waals surface area contributed by atoms with Gasteiger partial charge in [0.2, 0.25) is 0 Å². The number of carboxylic acids is 1. The second-order valence-electron chi connectivity index (χ2n) is 4.11. The lowest BCUT2D eigenvalue weighted by Crippen LogP contribution is -2.15. The Morgan fingerprint density at radius 2 is 1.81 bits per heavy atom. The van der Waals surface area contributed by atoms with E-state index in [0.29, 0.717) is 0 Å². The predicted octanol–water partition coefficient (Wildman–Crippen LogP) is 3.14. The summed E-state index contributed by atoms with van der Waals surface area (Å²) in [5.41, 5.74) is -0.283. The van der Waals surface area contributed by atoms with Gasteiger partial charge in [-0.2, -0.15) is 0 Å². The molecule has 108 valence electrons. The number of hydrogen-bond acceptors (Lipinski definition) is 3. The van der Waals surface area contributed by atoms with Crippen LogP contribution in [0.5, 0.6) is 5.75 Å². The van der Waals surface area contributed by atoms with Gasteiger partial charge in [-0.3, -0.25) is 4.79 Å². The van der Waals surface area contributed by atoms with E-state index in [1.165, 1.54) is 18.2 Å². The summed E-state index contributed by atoms with van der Waals surface area (Å²) in [6.07, 6.45) is 0. The van der Waals surface area contributed by atoms with Crippen LogP contribution >= 0.6 is 11.6 Å². The number of anilines is 1. The molecule has 0 saturated heterocycles. The molecular weight excluding hydrogens is 301 g/mol. The van der Waals surface area contributed by atoms with Crippen LogP contribution < -0.4 is 5.32 Å². The highest BCUT2D eigenvalue weighted by atomic mass is 35.5. The summed E-state index contributed by atoms with van der Waals surface area (Å²) in [6.45, 7) is 0. The Balaban J connectivity index is 2.34. The first kappa shape index (κ1) is 14.8. The number of carboxylic acid groups (broad SMARTS) is 1. The van der Waals surface area contributed by atoms with Crippen LogP contribution in [0.15, 0.2) is 36.4 Å². The number of nitrogens with one attached hydrogen (secondary N) is 1. The summed E-state index contributed by atoms with van der Waals surface area (Å²) >= 11 is 5.76. The average molecular weight is 310 g/mol. The van der Waals surface area contributed by atoms with Gasteiger partial charge < -0.3 is 15.5 Å². The molecule has 21 heavy (non-hydrogen) atoms. The van der Waals surface area contributed by atoms with Gasteiger partial charge in [0.05, 0.1) is 21.8 Å². The van der Waals surface area contributed by atoms with Crippen molar-refractivity contribution in [2.75, 3.05) is 5.32 Å². The first-order chi connectivity index (χ1) is 9.88. The number of benzene rings is 2. The third-order valence-corrected chi connectivity index (χ3v) is 2.97. The van der Waals surface area contributed by atoms with E-state index in [2.05, 4.69) is 5.32 Å². The molecule has 0 fully saturated rings. The van der Waals surface area contributed by atoms with Gasteiger partial charge in [-0.15, -0.1) is 0 Å². The lowest BCUT2D eigenvalue weighted by molar-refractivity contribution is 0.0697. The number of hydrogen-bond donors (Lipinski definition) is 3. The summed E-state index contributed by atoms with van der Waals surface area (Å²) in [5.74, 6) is -2.84. The summed E-state index contributed by atoms with van der Waals surface area (Å²) in [4.78, 5) is 23.1. The minimum atomic E-state index is -1.31. The minimum absolute atomic E-state index is 0.00230. The third-order valence-electron chi connectivity index (χ3n) is 2.66. The molecule has 0 aliphatic carbocycles. The maximum Gasteiger partial charge on any atom is 0.337 e. The Hall–Kier alpha value is -2.60. The van der Waals surface area contributed by atoms with E-state index in [0.717, 1.165) is 18.2 Å². The van der Waals surface area contributed by atoms with E-state index >= 15 is 0 Å². The second-order valence-corrected chi connectivity index (χ2v) is 4.52. The van der Waals surface area contributed by atoms with Crippen molar-refractivity contribution in [1.29, 1.82) is 0 Å². The molecule has 0 aliphatic rings. The molecule has 5 nitrogen and oxygen atoms in total. The molecule has 0 unspecified atom stereocenters. The normalized spacial score (nSPS) is 10.2. The van der Waals surface area contributed by atoms with Crippen molar-refractivity contribution in [3.05, 3.63) is 58.4 Å². The van der Waals surface area contributed by atoms with Gasteiger partial charge in [-0.25, -0.2) is 9.18 Å².